The quantitative estimate of drug-likeness (QED) is 0.927. The number of benzene rings is 1. The van der Waals surface area contributed by atoms with E-state index < -0.39 is 5.91 Å². The number of anilines is 2. The number of hydrogen-bond donors (Lipinski definition) is 1. The lowest BCUT2D eigenvalue weighted by Gasteiger charge is -2.37. The van der Waals surface area contributed by atoms with Crippen LogP contribution in [0.4, 0.5) is 15.8 Å². The Labute approximate surface area is 146 Å². The molecular formula is C18H21FN4O2. The summed E-state index contributed by atoms with van der Waals surface area (Å²) in [7, 11) is 0. The highest BCUT2D eigenvalue weighted by atomic mass is 19.1. The molecule has 1 saturated heterocycles. The summed E-state index contributed by atoms with van der Waals surface area (Å²) in [6.07, 6.45) is 3.00. The molecule has 1 fully saturated rings. The minimum Gasteiger partial charge on any atom is -0.372 e. The summed E-state index contributed by atoms with van der Waals surface area (Å²) in [6, 6.07) is 4.68. The van der Waals surface area contributed by atoms with Gasteiger partial charge in [-0.2, -0.15) is 0 Å². The van der Waals surface area contributed by atoms with E-state index in [0.29, 0.717) is 24.5 Å². The number of rotatable bonds is 3. The predicted octanol–water partition coefficient (Wildman–Crippen LogP) is 2.79. The summed E-state index contributed by atoms with van der Waals surface area (Å²) in [4.78, 5) is 22.2. The van der Waals surface area contributed by atoms with Gasteiger partial charge in [0.2, 0.25) is 0 Å². The standard InChI is InChI=1S/C18H21FN4O2/c1-11-7-21-16(8-20-11)18(24)22-14-4-5-17(15(19)6-14)23-9-12(2)25-13(3)10-23/h4-8,12-13H,9-10H2,1-3H3,(H,22,24)/t12-,13-/m1/s1. The van der Waals surface area contributed by atoms with E-state index in [-0.39, 0.29) is 23.7 Å². The van der Waals surface area contributed by atoms with Crippen LogP contribution < -0.4 is 10.2 Å². The van der Waals surface area contributed by atoms with Crippen molar-refractivity contribution in [3.8, 4) is 0 Å². The minimum absolute atomic E-state index is 0.0441. The maximum Gasteiger partial charge on any atom is 0.275 e. The van der Waals surface area contributed by atoms with Gasteiger partial charge in [0, 0.05) is 25.0 Å². The van der Waals surface area contributed by atoms with Crippen molar-refractivity contribution in [3.05, 3.63) is 47.8 Å². The van der Waals surface area contributed by atoms with Gasteiger partial charge < -0.3 is 15.0 Å². The van der Waals surface area contributed by atoms with E-state index in [2.05, 4.69) is 15.3 Å². The van der Waals surface area contributed by atoms with E-state index in [1.807, 2.05) is 18.7 Å². The van der Waals surface area contributed by atoms with Crippen molar-refractivity contribution in [3.63, 3.8) is 0 Å². The first-order valence-electron chi connectivity index (χ1n) is 8.22. The topological polar surface area (TPSA) is 67.4 Å². The van der Waals surface area contributed by atoms with Gasteiger partial charge in [0.15, 0.2) is 0 Å². The number of aromatic nitrogens is 2. The molecule has 0 saturated carbocycles. The molecule has 1 amide bonds. The molecule has 0 radical (unpaired) electrons. The highest BCUT2D eigenvalue weighted by molar-refractivity contribution is 6.02. The molecule has 1 aromatic carbocycles. The van der Waals surface area contributed by atoms with Crippen LogP contribution in [0.15, 0.2) is 30.6 Å². The normalized spacial score (nSPS) is 20.4. The molecule has 132 valence electrons. The molecule has 25 heavy (non-hydrogen) atoms. The Bertz CT molecular complexity index is 756. The maximum atomic E-state index is 14.5. The second-order valence-corrected chi connectivity index (χ2v) is 6.33. The Kier molecular flexibility index (Phi) is 4.94. The van der Waals surface area contributed by atoms with E-state index in [1.54, 1.807) is 19.1 Å². The van der Waals surface area contributed by atoms with Gasteiger partial charge in [0.1, 0.15) is 11.5 Å². The van der Waals surface area contributed by atoms with Crippen LogP contribution in [0.3, 0.4) is 0 Å². The fraction of sp³-hybridized carbons (Fsp3) is 0.389. The van der Waals surface area contributed by atoms with Crippen LogP contribution >= 0.6 is 0 Å². The lowest BCUT2D eigenvalue weighted by Crippen LogP contribution is -2.45. The number of morpholine rings is 1. The van der Waals surface area contributed by atoms with Crippen molar-refractivity contribution in [2.75, 3.05) is 23.3 Å². The zero-order valence-corrected chi connectivity index (χ0v) is 14.5. The van der Waals surface area contributed by atoms with Gasteiger partial charge in [-0.1, -0.05) is 0 Å². The van der Waals surface area contributed by atoms with Gasteiger partial charge in [-0.25, -0.2) is 9.37 Å². The second kappa shape index (κ2) is 7.14. The highest BCUT2D eigenvalue weighted by Crippen LogP contribution is 2.26. The first-order chi connectivity index (χ1) is 11.9. The van der Waals surface area contributed by atoms with Crippen LogP contribution in [0.25, 0.3) is 0 Å². The van der Waals surface area contributed by atoms with Gasteiger partial charge in [-0.3, -0.25) is 9.78 Å². The Morgan fingerprint density at radius 2 is 1.96 bits per heavy atom. The summed E-state index contributed by atoms with van der Waals surface area (Å²) in [5.41, 5.74) is 1.80. The smallest absolute Gasteiger partial charge is 0.275 e. The van der Waals surface area contributed by atoms with Crippen LogP contribution in [-0.2, 0) is 4.74 Å². The molecule has 0 aliphatic carbocycles. The zero-order chi connectivity index (χ0) is 18.0. The Balaban J connectivity index is 1.73. The average Bonchev–Trinajstić information content (AvgIpc) is 2.54. The largest absolute Gasteiger partial charge is 0.372 e. The molecule has 2 atom stereocenters. The Hall–Kier alpha value is -2.54. The Morgan fingerprint density at radius 3 is 2.56 bits per heavy atom. The molecular weight excluding hydrogens is 323 g/mol. The first-order valence-corrected chi connectivity index (χ1v) is 8.22. The van der Waals surface area contributed by atoms with Gasteiger partial charge >= 0.3 is 0 Å². The molecule has 1 N–H and O–H groups in total. The minimum atomic E-state index is -0.423. The van der Waals surface area contributed by atoms with Crippen molar-refractivity contribution >= 4 is 17.3 Å². The van der Waals surface area contributed by atoms with Crippen LogP contribution in [0.2, 0.25) is 0 Å². The van der Waals surface area contributed by atoms with E-state index in [0.717, 1.165) is 5.69 Å². The summed E-state index contributed by atoms with van der Waals surface area (Å²) >= 11 is 0. The molecule has 0 spiro atoms. The predicted molar refractivity (Wildman–Crippen MR) is 93.3 cm³/mol. The second-order valence-electron chi connectivity index (χ2n) is 6.33. The summed E-state index contributed by atoms with van der Waals surface area (Å²) in [6.45, 7) is 6.99. The van der Waals surface area contributed by atoms with E-state index in [9.17, 15) is 9.18 Å². The van der Waals surface area contributed by atoms with E-state index in [1.165, 1.54) is 18.5 Å². The molecule has 2 aromatic rings. The number of amides is 1. The molecule has 7 heteroatoms. The van der Waals surface area contributed by atoms with Crippen molar-refractivity contribution in [1.29, 1.82) is 0 Å². The van der Waals surface area contributed by atoms with Crippen LogP contribution in [0, 0.1) is 12.7 Å². The number of halogens is 1. The maximum absolute atomic E-state index is 14.5. The summed E-state index contributed by atoms with van der Waals surface area (Å²) < 4.78 is 20.2. The van der Waals surface area contributed by atoms with Crippen molar-refractivity contribution < 1.29 is 13.9 Å². The van der Waals surface area contributed by atoms with Gasteiger partial charge in [-0.05, 0) is 39.0 Å². The molecule has 0 unspecified atom stereocenters. The van der Waals surface area contributed by atoms with Crippen molar-refractivity contribution in [2.24, 2.45) is 0 Å². The first kappa shape index (κ1) is 17.3. The van der Waals surface area contributed by atoms with Gasteiger partial charge in [-0.15, -0.1) is 0 Å². The molecule has 1 aromatic heterocycles. The highest BCUT2D eigenvalue weighted by Gasteiger charge is 2.24. The van der Waals surface area contributed by atoms with Crippen LogP contribution in [0.5, 0.6) is 0 Å². The van der Waals surface area contributed by atoms with E-state index >= 15 is 0 Å². The van der Waals surface area contributed by atoms with E-state index in [4.69, 9.17) is 4.74 Å². The molecule has 1 aliphatic heterocycles. The third kappa shape index (κ3) is 4.11. The summed E-state index contributed by atoms with van der Waals surface area (Å²) in [5.74, 6) is -0.803. The number of carbonyl (C=O) groups excluding carboxylic acids is 1. The summed E-state index contributed by atoms with van der Waals surface area (Å²) in [5, 5.41) is 2.64. The third-order valence-corrected chi connectivity index (χ3v) is 3.98. The lowest BCUT2D eigenvalue weighted by atomic mass is 10.2. The number of nitrogens with one attached hydrogen (secondary N) is 1. The molecule has 0 bridgehead atoms. The molecule has 6 nitrogen and oxygen atoms in total. The number of ether oxygens (including phenoxy) is 1. The number of carbonyl (C=O) groups is 1. The van der Waals surface area contributed by atoms with Crippen molar-refractivity contribution in [2.45, 2.75) is 33.0 Å². The van der Waals surface area contributed by atoms with Crippen molar-refractivity contribution in [1.82, 2.24) is 9.97 Å². The monoisotopic (exact) mass is 344 g/mol. The number of aryl methyl sites for hydroxylation is 1. The SMILES string of the molecule is Cc1cnc(C(=O)Nc2ccc(N3C[C@@H](C)O[C@H](C)C3)c(F)c2)cn1. The van der Waals surface area contributed by atoms with Crippen LogP contribution in [0.1, 0.15) is 30.0 Å². The Morgan fingerprint density at radius 1 is 1.24 bits per heavy atom. The average molecular weight is 344 g/mol. The van der Waals surface area contributed by atoms with Crippen LogP contribution in [-0.4, -0.2) is 41.2 Å². The number of hydrogen-bond acceptors (Lipinski definition) is 5. The zero-order valence-electron chi connectivity index (χ0n) is 14.5. The fourth-order valence-corrected chi connectivity index (χ4v) is 2.92. The van der Waals surface area contributed by atoms with Gasteiger partial charge in [0.25, 0.3) is 5.91 Å². The molecule has 3 rings (SSSR count). The number of nitrogens with zero attached hydrogens (tertiary/aromatic N) is 3. The third-order valence-electron chi connectivity index (χ3n) is 3.98. The lowest BCUT2D eigenvalue weighted by molar-refractivity contribution is -0.00539. The van der Waals surface area contributed by atoms with Gasteiger partial charge in [0.05, 0.1) is 29.8 Å². The fourth-order valence-electron chi connectivity index (χ4n) is 2.92. The molecule has 2 heterocycles. The molecule has 1 aliphatic rings.